The second-order valence-electron chi connectivity index (χ2n) is 5.79. The smallest absolute Gasteiger partial charge is 0.0706 e. The molecule has 2 atom stereocenters. The van der Waals surface area contributed by atoms with E-state index in [1.807, 2.05) is 0 Å². The zero-order valence-electron chi connectivity index (χ0n) is 10.9. The molecule has 0 bridgehead atoms. The largest absolute Gasteiger partial charge is 0.374 e. The zero-order chi connectivity index (χ0) is 11.7. The Balaban J connectivity index is 1.39. The average Bonchev–Trinajstić information content (AvgIpc) is 2.64. The SMILES string of the molecule is CC1CCC(CN2CCN(C3CNC3)CC2)O1. The van der Waals surface area contributed by atoms with Crippen molar-refractivity contribution in [3.63, 3.8) is 0 Å². The number of piperazine rings is 1. The molecule has 0 saturated carbocycles. The van der Waals surface area contributed by atoms with Gasteiger partial charge >= 0.3 is 0 Å². The highest BCUT2D eigenvalue weighted by Crippen LogP contribution is 2.20. The van der Waals surface area contributed by atoms with Crippen LogP contribution in [0.1, 0.15) is 19.8 Å². The lowest BCUT2D eigenvalue weighted by Crippen LogP contribution is -2.61. The predicted molar refractivity (Wildman–Crippen MR) is 68.2 cm³/mol. The third kappa shape index (κ3) is 2.81. The molecule has 2 unspecified atom stereocenters. The molecule has 3 heterocycles. The number of nitrogens with zero attached hydrogens (tertiary/aromatic N) is 2. The van der Waals surface area contributed by atoms with Gasteiger partial charge in [-0.3, -0.25) is 9.80 Å². The van der Waals surface area contributed by atoms with Gasteiger partial charge in [-0.1, -0.05) is 0 Å². The molecule has 98 valence electrons. The summed E-state index contributed by atoms with van der Waals surface area (Å²) in [6.45, 7) is 10.7. The van der Waals surface area contributed by atoms with Gasteiger partial charge in [-0.2, -0.15) is 0 Å². The van der Waals surface area contributed by atoms with Gasteiger partial charge < -0.3 is 10.1 Å². The van der Waals surface area contributed by atoms with Gasteiger partial charge in [0.25, 0.3) is 0 Å². The highest BCUT2D eigenvalue weighted by molar-refractivity contribution is 4.88. The predicted octanol–water partition coefficient (Wildman–Crippen LogP) is 0.143. The molecule has 1 N–H and O–H groups in total. The Labute approximate surface area is 104 Å². The molecule has 0 aromatic carbocycles. The summed E-state index contributed by atoms with van der Waals surface area (Å²) in [7, 11) is 0. The van der Waals surface area contributed by atoms with Crippen molar-refractivity contribution in [2.75, 3.05) is 45.8 Å². The van der Waals surface area contributed by atoms with E-state index >= 15 is 0 Å². The first-order valence-electron chi connectivity index (χ1n) is 7.14. The standard InChI is InChI=1S/C13H25N3O/c1-11-2-3-13(17-11)10-15-4-6-16(7-5-15)12-8-14-9-12/h11-14H,2-10H2,1H3. The summed E-state index contributed by atoms with van der Waals surface area (Å²) >= 11 is 0. The fraction of sp³-hybridized carbons (Fsp3) is 1.00. The highest BCUT2D eigenvalue weighted by atomic mass is 16.5. The minimum atomic E-state index is 0.488. The molecule has 4 heteroatoms. The van der Waals surface area contributed by atoms with E-state index in [0.717, 1.165) is 12.6 Å². The second-order valence-corrected chi connectivity index (χ2v) is 5.79. The van der Waals surface area contributed by atoms with Crippen LogP contribution < -0.4 is 5.32 Å². The fourth-order valence-corrected chi connectivity index (χ4v) is 3.15. The number of hydrogen-bond acceptors (Lipinski definition) is 4. The molecule has 17 heavy (non-hydrogen) atoms. The van der Waals surface area contributed by atoms with Crippen LogP contribution in [0.2, 0.25) is 0 Å². The third-order valence-corrected chi connectivity index (χ3v) is 4.46. The summed E-state index contributed by atoms with van der Waals surface area (Å²) in [4.78, 5) is 5.23. The molecule has 3 saturated heterocycles. The quantitative estimate of drug-likeness (QED) is 0.758. The van der Waals surface area contributed by atoms with E-state index in [1.54, 1.807) is 0 Å². The number of hydrogen-bond donors (Lipinski definition) is 1. The Morgan fingerprint density at radius 2 is 1.88 bits per heavy atom. The van der Waals surface area contributed by atoms with Gasteiger partial charge in [0.15, 0.2) is 0 Å². The van der Waals surface area contributed by atoms with Crippen LogP contribution in [0.5, 0.6) is 0 Å². The van der Waals surface area contributed by atoms with Gasteiger partial charge in [0.1, 0.15) is 0 Å². The van der Waals surface area contributed by atoms with Gasteiger partial charge in [-0.15, -0.1) is 0 Å². The normalized spacial score (nSPS) is 37.2. The van der Waals surface area contributed by atoms with E-state index in [1.165, 1.54) is 52.1 Å². The number of rotatable bonds is 3. The van der Waals surface area contributed by atoms with Crippen LogP contribution in [-0.2, 0) is 4.74 Å². The van der Waals surface area contributed by atoms with E-state index in [9.17, 15) is 0 Å². The summed E-state index contributed by atoms with van der Waals surface area (Å²) in [6, 6.07) is 0.819. The lowest BCUT2D eigenvalue weighted by molar-refractivity contribution is 0.0101. The van der Waals surface area contributed by atoms with Crippen molar-refractivity contribution >= 4 is 0 Å². The van der Waals surface area contributed by atoms with Crippen molar-refractivity contribution in [2.45, 2.75) is 38.0 Å². The maximum atomic E-state index is 5.91. The van der Waals surface area contributed by atoms with Crippen molar-refractivity contribution in [1.82, 2.24) is 15.1 Å². The molecular weight excluding hydrogens is 214 g/mol. The zero-order valence-corrected chi connectivity index (χ0v) is 10.9. The lowest BCUT2D eigenvalue weighted by Gasteiger charge is -2.43. The average molecular weight is 239 g/mol. The summed E-state index contributed by atoms with van der Waals surface area (Å²) in [5, 5.41) is 3.36. The molecule has 3 aliphatic heterocycles. The molecular formula is C13H25N3O. The van der Waals surface area contributed by atoms with Crippen LogP contribution in [0, 0.1) is 0 Å². The Kier molecular flexibility index (Phi) is 3.66. The molecule has 0 aromatic heterocycles. The maximum absolute atomic E-state index is 5.91. The van der Waals surface area contributed by atoms with Crippen LogP contribution in [0.3, 0.4) is 0 Å². The van der Waals surface area contributed by atoms with E-state index in [0.29, 0.717) is 12.2 Å². The summed E-state index contributed by atoms with van der Waals surface area (Å²) in [5.41, 5.74) is 0. The first-order chi connectivity index (χ1) is 8.31. The fourth-order valence-electron chi connectivity index (χ4n) is 3.15. The van der Waals surface area contributed by atoms with Crippen molar-refractivity contribution in [1.29, 1.82) is 0 Å². The molecule has 0 aromatic rings. The van der Waals surface area contributed by atoms with E-state index in [4.69, 9.17) is 4.74 Å². The minimum absolute atomic E-state index is 0.488. The van der Waals surface area contributed by atoms with Gasteiger partial charge in [0, 0.05) is 51.9 Å². The summed E-state index contributed by atoms with van der Waals surface area (Å²) in [6.07, 6.45) is 3.50. The Morgan fingerprint density at radius 3 is 2.41 bits per heavy atom. The van der Waals surface area contributed by atoms with Crippen molar-refractivity contribution in [2.24, 2.45) is 0 Å². The monoisotopic (exact) mass is 239 g/mol. The highest BCUT2D eigenvalue weighted by Gasteiger charge is 2.29. The van der Waals surface area contributed by atoms with Crippen LogP contribution >= 0.6 is 0 Å². The number of nitrogens with one attached hydrogen (secondary N) is 1. The van der Waals surface area contributed by atoms with Crippen LogP contribution in [0.4, 0.5) is 0 Å². The minimum Gasteiger partial charge on any atom is -0.374 e. The Bertz CT molecular complexity index is 249. The van der Waals surface area contributed by atoms with E-state index < -0.39 is 0 Å². The third-order valence-electron chi connectivity index (χ3n) is 4.46. The molecule has 0 spiro atoms. The van der Waals surface area contributed by atoms with Gasteiger partial charge in [0.05, 0.1) is 12.2 Å². The van der Waals surface area contributed by atoms with E-state index in [-0.39, 0.29) is 0 Å². The van der Waals surface area contributed by atoms with Gasteiger partial charge in [-0.25, -0.2) is 0 Å². The molecule has 0 amide bonds. The van der Waals surface area contributed by atoms with Crippen LogP contribution in [-0.4, -0.2) is 73.9 Å². The molecule has 3 rings (SSSR count). The van der Waals surface area contributed by atoms with E-state index in [2.05, 4.69) is 22.0 Å². The Morgan fingerprint density at radius 1 is 1.12 bits per heavy atom. The van der Waals surface area contributed by atoms with Crippen molar-refractivity contribution in [3.8, 4) is 0 Å². The lowest BCUT2D eigenvalue weighted by atomic mass is 10.1. The van der Waals surface area contributed by atoms with Crippen LogP contribution in [0.25, 0.3) is 0 Å². The van der Waals surface area contributed by atoms with Crippen molar-refractivity contribution in [3.05, 3.63) is 0 Å². The molecule has 0 aliphatic carbocycles. The van der Waals surface area contributed by atoms with Crippen molar-refractivity contribution < 1.29 is 4.74 Å². The Hall–Kier alpha value is -0.160. The molecule has 4 nitrogen and oxygen atoms in total. The topological polar surface area (TPSA) is 27.7 Å². The summed E-state index contributed by atoms with van der Waals surface area (Å²) in [5.74, 6) is 0. The first-order valence-corrected chi connectivity index (χ1v) is 7.14. The molecule has 3 aliphatic rings. The summed E-state index contributed by atoms with van der Waals surface area (Å²) < 4.78 is 5.91. The second kappa shape index (κ2) is 5.22. The number of ether oxygens (including phenoxy) is 1. The van der Waals surface area contributed by atoms with Gasteiger partial charge in [-0.05, 0) is 19.8 Å². The molecule has 3 fully saturated rings. The molecule has 0 radical (unpaired) electrons. The maximum Gasteiger partial charge on any atom is 0.0706 e. The van der Waals surface area contributed by atoms with Crippen LogP contribution in [0.15, 0.2) is 0 Å². The van der Waals surface area contributed by atoms with Gasteiger partial charge in [0.2, 0.25) is 0 Å². The first kappa shape index (κ1) is 11.9.